The van der Waals surface area contributed by atoms with Crippen LogP contribution in [0.15, 0.2) is 24.3 Å². The first-order valence-corrected chi connectivity index (χ1v) is 7.90. The molecule has 1 aliphatic rings. The summed E-state index contributed by atoms with van der Waals surface area (Å²) in [5.74, 6) is 0.744. The average Bonchev–Trinajstić information content (AvgIpc) is 2.71. The Labute approximate surface area is 123 Å². The van der Waals surface area contributed by atoms with Crippen molar-refractivity contribution in [2.45, 2.75) is 31.7 Å². The van der Waals surface area contributed by atoms with Crippen LogP contribution in [0.5, 0.6) is 5.75 Å². The molecule has 104 valence electrons. The van der Waals surface area contributed by atoms with Gasteiger partial charge in [0.1, 0.15) is 5.75 Å². The minimum Gasteiger partial charge on any atom is -0.496 e. The number of hydrogen-bond donors (Lipinski definition) is 0. The summed E-state index contributed by atoms with van der Waals surface area (Å²) >= 11 is 3.54. The predicted molar refractivity (Wildman–Crippen MR) is 80.1 cm³/mol. The van der Waals surface area contributed by atoms with Crippen LogP contribution in [0.4, 0.5) is 0 Å². The zero-order valence-corrected chi connectivity index (χ0v) is 12.9. The molecule has 0 aromatic heterocycles. The van der Waals surface area contributed by atoms with E-state index in [1.807, 2.05) is 29.2 Å². The molecule has 1 fully saturated rings. The van der Waals surface area contributed by atoms with Gasteiger partial charge in [-0.2, -0.15) is 0 Å². The van der Waals surface area contributed by atoms with E-state index in [0.717, 1.165) is 24.7 Å². The molecule has 1 aromatic rings. The maximum atomic E-state index is 12.7. The molecule has 0 spiro atoms. The second-order valence-corrected chi connectivity index (χ2v) is 5.50. The van der Waals surface area contributed by atoms with Gasteiger partial charge in [-0.15, -0.1) is 0 Å². The summed E-state index contributed by atoms with van der Waals surface area (Å²) in [4.78, 5) is 14.7. The van der Waals surface area contributed by atoms with Crippen LogP contribution in [0.2, 0.25) is 0 Å². The molecule has 0 saturated carbocycles. The van der Waals surface area contributed by atoms with Crippen LogP contribution in [-0.4, -0.2) is 35.8 Å². The van der Waals surface area contributed by atoms with E-state index >= 15 is 0 Å². The smallest absolute Gasteiger partial charge is 0.257 e. The summed E-state index contributed by atoms with van der Waals surface area (Å²) in [6.45, 7) is 0.840. The van der Waals surface area contributed by atoms with E-state index < -0.39 is 0 Å². The summed E-state index contributed by atoms with van der Waals surface area (Å²) in [6, 6.07) is 7.75. The SMILES string of the molecule is COc1ccccc1C(=O)N1CCCCCC1CBr. The number of ether oxygens (including phenoxy) is 1. The highest BCUT2D eigenvalue weighted by molar-refractivity contribution is 9.09. The number of methoxy groups -OCH3 is 1. The molecule has 1 aliphatic heterocycles. The standard InChI is InChI=1S/C15H20BrNO2/c1-19-14-9-5-4-8-13(14)15(18)17-10-6-2-3-7-12(17)11-16/h4-5,8-9,12H,2-3,6-7,10-11H2,1H3. The first-order chi connectivity index (χ1) is 9.27. The molecular formula is C15H20BrNO2. The number of halogens is 1. The number of carbonyl (C=O) groups is 1. The average molecular weight is 326 g/mol. The molecule has 1 amide bonds. The Kier molecular flexibility index (Phi) is 5.25. The van der Waals surface area contributed by atoms with E-state index in [4.69, 9.17) is 4.74 Å². The molecule has 1 heterocycles. The Morgan fingerprint density at radius 2 is 2.16 bits per heavy atom. The molecule has 0 radical (unpaired) electrons. The van der Waals surface area contributed by atoms with Crippen LogP contribution in [0.1, 0.15) is 36.0 Å². The fourth-order valence-corrected chi connectivity index (χ4v) is 3.25. The second-order valence-electron chi connectivity index (χ2n) is 4.86. The summed E-state index contributed by atoms with van der Waals surface area (Å²) in [5.41, 5.74) is 0.665. The van der Waals surface area contributed by atoms with Gasteiger partial charge in [0.25, 0.3) is 5.91 Å². The highest BCUT2D eigenvalue weighted by Gasteiger charge is 2.26. The molecule has 1 aromatic carbocycles. The van der Waals surface area contributed by atoms with Gasteiger partial charge in [0.15, 0.2) is 0 Å². The molecule has 1 unspecified atom stereocenters. The van der Waals surface area contributed by atoms with E-state index in [-0.39, 0.29) is 5.91 Å². The van der Waals surface area contributed by atoms with Crippen molar-refractivity contribution in [1.29, 1.82) is 0 Å². The minimum absolute atomic E-state index is 0.0869. The molecule has 4 heteroatoms. The van der Waals surface area contributed by atoms with Crippen LogP contribution in [0.25, 0.3) is 0 Å². The largest absolute Gasteiger partial charge is 0.496 e. The van der Waals surface area contributed by atoms with Gasteiger partial charge in [-0.25, -0.2) is 0 Å². The number of para-hydroxylation sites is 1. The van der Waals surface area contributed by atoms with Crippen molar-refractivity contribution >= 4 is 21.8 Å². The van der Waals surface area contributed by atoms with Gasteiger partial charge in [0.05, 0.1) is 12.7 Å². The molecule has 2 rings (SSSR count). The Morgan fingerprint density at radius 1 is 1.37 bits per heavy atom. The Hall–Kier alpha value is -1.03. The van der Waals surface area contributed by atoms with Crippen molar-refractivity contribution < 1.29 is 9.53 Å². The highest BCUT2D eigenvalue weighted by atomic mass is 79.9. The van der Waals surface area contributed by atoms with E-state index in [1.165, 1.54) is 12.8 Å². The van der Waals surface area contributed by atoms with Crippen LogP contribution in [0.3, 0.4) is 0 Å². The predicted octanol–water partition coefficient (Wildman–Crippen LogP) is 3.47. The number of nitrogens with zero attached hydrogens (tertiary/aromatic N) is 1. The molecule has 1 atom stereocenters. The maximum absolute atomic E-state index is 12.7. The molecule has 19 heavy (non-hydrogen) atoms. The van der Waals surface area contributed by atoms with Crippen LogP contribution >= 0.6 is 15.9 Å². The van der Waals surface area contributed by atoms with Crippen LogP contribution < -0.4 is 4.74 Å². The summed E-state index contributed by atoms with van der Waals surface area (Å²) in [7, 11) is 1.61. The lowest BCUT2D eigenvalue weighted by molar-refractivity contribution is 0.0699. The van der Waals surface area contributed by atoms with Gasteiger partial charge >= 0.3 is 0 Å². The van der Waals surface area contributed by atoms with E-state index in [9.17, 15) is 4.79 Å². The van der Waals surface area contributed by atoms with Gasteiger partial charge < -0.3 is 9.64 Å². The van der Waals surface area contributed by atoms with Crippen LogP contribution in [-0.2, 0) is 0 Å². The number of rotatable bonds is 3. The molecule has 1 saturated heterocycles. The monoisotopic (exact) mass is 325 g/mol. The molecule has 0 aliphatic carbocycles. The topological polar surface area (TPSA) is 29.5 Å². The number of likely N-dealkylation sites (tertiary alicyclic amines) is 1. The van der Waals surface area contributed by atoms with Gasteiger partial charge in [0.2, 0.25) is 0 Å². The number of benzene rings is 1. The Bertz CT molecular complexity index is 436. The first kappa shape index (κ1) is 14.4. The molecule has 3 nitrogen and oxygen atoms in total. The third kappa shape index (κ3) is 3.30. The lowest BCUT2D eigenvalue weighted by Gasteiger charge is -2.29. The zero-order chi connectivity index (χ0) is 13.7. The molecular weight excluding hydrogens is 306 g/mol. The number of alkyl halides is 1. The summed E-state index contributed by atoms with van der Waals surface area (Å²) < 4.78 is 5.30. The van der Waals surface area contributed by atoms with Crippen molar-refractivity contribution in [2.75, 3.05) is 19.0 Å². The number of carbonyl (C=O) groups excluding carboxylic acids is 1. The summed E-state index contributed by atoms with van der Waals surface area (Å²) in [5, 5.41) is 0.841. The van der Waals surface area contributed by atoms with Crippen molar-refractivity contribution in [1.82, 2.24) is 4.90 Å². The van der Waals surface area contributed by atoms with Crippen molar-refractivity contribution in [3.05, 3.63) is 29.8 Å². The first-order valence-electron chi connectivity index (χ1n) is 6.78. The van der Waals surface area contributed by atoms with Gasteiger partial charge in [-0.05, 0) is 25.0 Å². The Morgan fingerprint density at radius 3 is 2.89 bits per heavy atom. The van der Waals surface area contributed by atoms with Gasteiger partial charge in [0, 0.05) is 17.9 Å². The normalized spacial score (nSPS) is 19.9. The third-order valence-electron chi connectivity index (χ3n) is 3.65. The Balaban J connectivity index is 2.25. The van der Waals surface area contributed by atoms with Gasteiger partial charge in [-0.1, -0.05) is 40.9 Å². The van der Waals surface area contributed by atoms with Gasteiger partial charge in [-0.3, -0.25) is 4.79 Å². The zero-order valence-electron chi connectivity index (χ0n) is 11.3. The number of amides is 1. The highest BCUT2D eigenvalue weighted by Crippen LogP contribution is 2.24. The third-order valence-corrected chi connectivity index (χ3v) is 4.40. The second kappa shape index (κ2) is 6.94. The maximum Gasteiger partial charge on any atom is 0.257 e. The van der Waals surface area contributed by atoms with Crippen LogP contribution in [0, 0.1) is 0 Å². The van der Waals surface area contributed by atoms with E-state index in [0.29, 0.717) is 17.4 Å². The molecule has 0 bridgehead atoms. The van der Waals surface area contributed by atoms with Crippen molar-refractivity contribution in [2.24, 2.45) is 0 Å². The van der Waals surface area contributed by atoms with E-state index in [1.54, 1.807) is 7.11 Å². The molecule has 0 N–H and O–H groups in total. The fourth-order valence-electron chi connectivity index (χ4n) is 2.58. The number of hydrogen-bond acceptors (Lipinski definition) is 2. The van der Waals surface area contributed by atoms with Crippen molar-refractivity contribution in [3.63, 3.8) is 0 Å². The lowest BCUT2D eigenvalue weighted by Crippen LogP contribution is -2.41. The van der Waals surface area contributed by atoms with Crippen molar-refractivity contribution in [3.8, 4) is 5.75 Å². The fraction of sp³-hybridized carbons (Fsp3) is 0.533. The lowest BCUT2D eigenvalue weighted by atomic mass is 10.1. The quantitative estimate of drug-likeness (QED) is 0.796. The minimum atomic E-state index is 0.0869. The summed E-state index contributed by atoms with van der Waals surface area (Å²) in [6.07, 6.45) is 4.57. The van der Waals surface area contributed by atoms with E-state index in [2.05, 4.69) is 15.9 Å².